The predicted octanol–water partition coefficient (Wildman–Crippen LogP) is -0.530. The number of primary sulfonamides is 1. The molecule has 0 atom stereocenters. The van der Waals surface area contributed by atoms with Crippen LogP contribution in [0.15, 0.2) is 5.51 Å². The standard InChI is InChI=1S/C7H11N3O3S2/c1-5-6(14-4-10-5)7(11)9-2-3-15(8,12)13/h4H,2-3H2,1H3,(H,9,11)(H2,8,12,13). The van der Waals surface area contributed by atoms with E-state index in [1.807, 2.05) is 0 Å². The van der Waals surface area contributed by atoms with Crippen LogP contribution < -0.4 is 10.5 Å². The number of carbonyl (C=O) groups excluding carboxylic acids is 1. The van der Waals surface area contributed by atoms with Crippen LogP contribution in [0, 0.1) is 6.92 Å². The molecule has 0 unspecified atom stereocenters. The summed E-state index contributed by atoms with van der Waals surface area (Å²) in [5, 5.41) is 7.24. The maximum Gasteiger partial charge on any atom is 0.263 e. The lowest BCUT2D eigenvalue weighted by Crippen LogP contribution is -2.31. The molecule has 0 aliphatic carbocycles. The van der Waals surface area contributed by atoms with E-state index in [1.54, 1.807) is 12.4 Å². The summed E-state index contributed by atoms with van der Waals surface area (Å²) in [5.74, 6) is -0.588. The van der Waals surface area contributed by atoms with Crippen LogP contribution in [0.4, 0.5) is 0 Å². The molecule has 0 fully saturated rings. The van der Waals surface area contributed by atoms with Crippen molar-refractivity contribution >= 4 is 27.3 Å². The lowest BCUT2D eigenvalue weighted by molar-refractivity contribution is 0.0959. The van der Waals surface area contributed by atoms with Crippen molar-refractivity contribution in [3.63, 3.8) is 0 Å². The van der Waals surface area contributed by atoms with E-state index in [9.17, 15) is 13.2 Å². The molecule has 0 aliphatic heterocycles. The Hall–Kier alpha value is -0.990. The molecular formula is C7H11N3O3S2. The van der Waals surface area contributed by atoms with E-state index in [2.05, 4.69) is 10.3 Å². The first kappa shape index (κ1) is 12.1. The topological polar surface area (TPSA) is 102 Å². The van der Waals surface area contributed by atoms with Gasteiger partial charge in [0, 0.05) is 6.54 Å². The van der Waals surface area contributed by atoms with Gasteiger partial charge in [0.25, 0.3) is 5.91 Å². The molecular weight excluding hydrogens is 238 g/mol. The Bertz CT molecular complexity index is 452. The van der Waals surface area contributed by atoms with Crippen LogP contribution >= 0.6 is 11.3 Å². The quantitative estimate of drug-likeness (QED) is 0.748. The monoisotopic (exact) mass is 249 g/mol. The summed E-state index contributed by atoms with van der Waals surface area (Å²) in [4.78, 5) is 15.8. The minimum atomic E-state index is -3.53. The van der Waals surface area contributed by atoms with Gasteiger partial charge in [0.1, 0.15) is 4.88 Å². The third kappa shape index (κ3) is 3.94. The number of amides is 1. The largest absolute Gasteiger partial charge is 0.350 e. The molecule has 0 spiro atoms. The molecule has 0 aromatic carbocycles. The van der Waals surface area contributed by atoms with Crippen molar-refractivity contribution in [1.29, 1.82) is 0 Å². The zero-order valence-electron chi connectivity index (χ0n) is 8.06. The van der Waals surface area contributed by atoms with Gasteiger partial charge in [0.15, 0.2) is 0 Å². The molecule has 3 N–H and O–H groups in total. The van der Waals surface area contributed by atoms with Crippen LogP contribution in [0.1, 0.15) is 15.4 Å². The highest BCUT2D eigenvalue weighted by atomic mass is 32.2. The summed E-state index contributed by atoms with van der Waals surface area (Å²) < 4.78 is 21.2. The summed E-state index contributed by atoms with van der Waals surface area (Å²) in [6, 6.07) is 0. The molecule has 0 bridgehead atoms. The van der Waals surface area contributed by atoms with E-state index in [1.165, 1.54) is 11.3 Å². The van der Waals surface area contributed by atoms with Gasteiger partial charge >= 0.3 is 0 Å². The zero-order valence-corrected chi connectivity index (χ0v) is 9.69. The van der Waals surface area contributed by atoms with Gasteiger partial charge in [-0.1, -0.05) is 0 Å². The van der Waals surface area contributed by atoms with Crippen LogP contribution in [0.2, 0.25) is 0 Å². The van der Waals surface area contributed by atoms with E-state index in [0.717, 1.165) is 0 Å². The summed E-state index contributed by atoms with van der Waals surface area (Å²) >= 11 is 1.21. The zero-order chi connectivity index (χ0) is 11.5. The molecule has 1 amide bonds. The van der Waals surface area contributed by atoms with Gasteiger partial charge in [-0.2, -0.15) is 0 Å². The number of hydrogen-bond donors (Lipinski definition) is 2. The van der Waals surface area contributed by atoms with Gasteiger partial charge in [0.05, 0.1) is 17.0 Å². The maximum atomic E-state index is 11.4. The summed E-state index contributed by atoms with van der Waals surface area (Å²) in [7, 11) is -3.53. The first-order valence-electron chi connectivity index (χ1n) is 4.09. The Morgan fingerprint density at radius 1 is 1.67 bits per heavy atom. The second kappa shape index (κ2) is 4.69. The highest BCUT2D eigenvalue weighted by Crippen LogP contribution is 2.11. The average Bonchev–Trinajstić information content (AvgIpc) is 2.48. The maximum absolute atomic E-state index is 11.4. The second-order valence-corrected chi connectivity index (χ2v) is 5.48. The van der Waals surface area contributed by atoms with Crippen molar-refractivity contribution in [2.24, 2.45) is 5.14 Å². The van der Waals surface area contributed by atoms with E-state index < -0.39 is 10.0 Å². The number of nitrogens with one attached hydrogen (secondary N) is 1. The number of aryl methyl sites for hydroxylation is 1. The molecule has 1 heterocycles. The van der Waals surface area contributed by atoms with Crippen molar-refractivity contribution < 1.29 is 13.2 Å². The van der Waals surface area contributed by atoms with E-state index in [0.29, 0.717) is 10.6 Å². The summed E-state index contributed by atoms with van der Waals surface area (Å²) in [5.41, 5.74) is 2.19. The van der Waals surface area contributed by atoms with Crippen LogP contribution in [0.3, 0.4) is 0 Å². The van der Waals surface area contributed by atoms with Crippen molar-refractivity contribution in [2.75, 3.05) is 12.3 Å². The predicted molar refractivity (Wildman–Crippen MR) is 57.2 cm³/mol. The van der Waals surface area contributed by atoms with Gasteiger partial charge < -0.3 is 5.32 Å². The normalized spacial score (nSPS) is 11.3. The fourth-order valence-electron chi connectivity index (χ4n) is 0.907. The Labute approximate surface area is 91.6 Å². The van der Waals surface area contributed by atoms with Crippen LogP contribution in [-0.4, -0.2) is 31.6 Å². The molecule has 15 heavy (non-hydrogen) atoms. The number of nitrogens with zero attached hydrogens (tertiary/aromatic N) is 1. The molecule has 6 nitrogen and oxygen atoms in total. The fourth-order valence-corrected chi connectivity index (χ4v) is 2.01. The van der Waals surface area contributed by atoms with E-state index in [4.69, 9.17) is 5.14 Å². The van der Waals surface area contributed by atoms with Gasteiger partial charge in [-0.05, 0) is 6.92 Å². The first-order valence-corrected chi connectivity index (χ1v) is 6.68. The Morgan fingerprint density at radius 3 is 2.80 bits per heavy atom. The van der Waals surface area contributed by atoms with E-state index in [-0.39, 0.29) is 18.2 Å². The van der Waals surface area contributed by atoms with Gasteiger partial charge in [0.2, 0.25) is 10.0 Å². The molecule has 1 aromatic rings. The number of sulfonamides is 1. The van der Waals surface area contributed by atoms with E-state index >= 15 is 0 Å². The minimum absolute atomic E-state index is 0.00894. The molecule has 0 radical (unpaired) electrons. The molecule has 84 valence electrons. The van der Waals surface area contributed by atoms with Crippen molar-refractivity contribution in [3.05, 3.63) is 16.1 Å². The molecule has 1 aromatic heterocycles. The lowest BCUT2D eigenvalue weighted by Gasteiger charge is -2.02. The number of nitrogens with two attached hydrogens (primary N) is 1. The summed E-state index contributed by atoms with van der Waals surface area (Å²) in [6.07, 6.45) is 0. The number of carbonyl (C=O) groups is 1. The van der Waals surface area contributed by atoms with Crippen molar-refractivity contribution in [1.82, 2.24) is 10.3 Å². The van der Waals surface area contributed by atoms with Crippen LogP contribution in [0.5, 0.6) is 0 Å². The highest BCUT2D eigenvalue weighted by Gasteiger charge is 2.11. The number of aromatic nitrogens is 1. The van der Waals surface area contributed by atoms with Crippen LogP contribution in [0.25, 0.3) is 0 Å². The minimum Gasteiger partial charge on any atom is -0.350 e. The van der Waals surface area contributed by atoms with Gasteiger partial charge in [-0.15, -0.1) is 11.3 Å². The van der Waals surface area contributed by atoms with Crippen molar-refractivity contribution in [2.45, 2.75) is 6.92 Å². The Kier molecular flexibility index (Phi) is 3.77. The summed E-state index contributed by atoms with van der Waals surface area (Å²) in [6.45, 7) is 1.72. The Balaban J connectivity index is 2.48. The first-order chi connectivity index (χ1) is 6.90. The smallest absolute Gasteiger partial charge is 0.263 e. The molecule has 8 heteroatoms. The molecule has 1 rings (SSSR count). The SMILES string of the molecule is Cc1ncsc1C(=O)NCCS(N)(=O)=O. The van der Waals surface area contributed by atoms with Gasteiger partial charge in [-0.25, -0.2) is 18.5 Å². The van der Waals surface area contributed by atoms with Crippen molar-refractivity contribution in [3.8, 4) is 0 Å². The highest BCUT2D eigenvalue weighted by molar-refractivity contribution is 7.89. The number of thiazole rings is 1. The number of rotatable bonds is 4. The third-order valence-electron chi connectivity index (χ3n) is 1.62. The molecule has 0 aliphatic rings. The second-order valence-electron chi connectivity index (χ2n) is 2.89. The lowest BCUT2D eigenvalue weighted by atomic mass is 10.4. The number of hydrogen-bond acceptors (Lipinski definition) is 5. The fraction of sp³-hybridized carbons (Fsp3) is 0.429. The molecule has 0 saturated carbocycles. The average molecular weight is 249 g/mol. The Morgan fingerprint density at radius 2 is 2.33 bits per heavy atom. The third-order valence-corrected chi connectivity index (χ3v) is 3.32. The molecule has 0 saturated heterocycles. The van der Waals surface area contributed by atoms with Gasteiger partial charge in [-0.3, -0.25) is 4.79 Å². The van der Waals surface area contributed by atoms with Crippen LogP contribution in [-0.2, 0) is 10.0 Å².